The van der Waals surface area contributed by atoms with Gasteiger partial charge in [-0.25, -0.2) is 4.79 Å². The van der Waals surface area contributed by atoms with E-state index in [4.69, 9.17) is 9.47 Å². The van der Waals surface area contributed by atoms with E-state index in [0.29, 0.717) is 23.3 Å². The molecule has 5 heteroatoms. The Labute approximate surface area is 134 Å². The Kier molecular flexibility index (Phi) is 4.37. The van der Waals surface area contributed by atoms with E-state index in [2.05, 4.69) is 4.98 Å². The first kappa shape index (κ1) is 15.2. The van der Waals surface area contributed by atoms with E-state index >= 15 is 0 Å². The number of aromatic nitrogens is 1. The molecule has 0 amide bonds. The minimum atomic E-state index is -0.315. The average molecular weight is 311 g/mol. The van der Waals surface area contributed by atoms with E-state index < -0.39 is 0 Å². The van der Waals surface area contributed by atoms with Gasteiger partial charge < -0.3 is 9.47 Å². The van der Waals surface area contributed by atoms with Crippen LogP contribution in [0.3, 0.4) is 0 Å². The van der Waals surface area contributed by atoms with Gasteiger partial charge in [0.15, 0.2) is 6.29 Å². The van der Waals surface area contributed by atoms with Crippen molar-refractivity contribution in [2.45, 2.75) is 25.4 Å². The molecule has 5 nitrogen and oxygen atoms in total. The summed E-state index contributed by atoms with van der Waals surface area (Å²) in [5, 5.41) is 0. The number of fused-ring (bicyclic) bond motifs is 1. The van der Waals surface area contributed by atoms with Crippen molar-refractivity contribution >= 4 is 12.3 Å². The largest absolute Gasteiger partial charge is 0.490 e. The van der Waals surface area contributed by atoms with Gasteiger partial charge in [0, 0.05) is 18.7 Å². The number of pyridine rings is 1. The summed E-state index contributed by atoms with van der Waals surface area (Å²) in [6, 6.07) is 9.03. The molecule has 0 radical (unpaired) electrons. The predicted molar refractivity (Wildman–Crippen MR) is 83.8 cm³/mol. The van der Waals surface area contributed by atoms with E-state index in [1.54, 1.807) is 24.4 Å². The smallest absolute Gasteiger partial charge is 0.337 e. The van der Waals surface area contributed by atoms with E-state index in [-0.39, 0.29) is 12.1 Å². The maximum atomic E-state index is 11.6. The zero-order chi connectivity index (χ0) is 16.2. The number of aldehydes is 1. The topological polar surface area (TPSA) is 65.5 Å². The predicted octanol–water partition coefficient (Wildman–Crippen LogP) is 2.62. The summed E-state index contributed by atoms with van der Waals surface area (Å²) in [6.45, 7) is 0. The van der Waals surface area contributed by atoms with Crippen molar-refractivity contribution in [3.63, 3.8) is 0 Å². The highest BCUT2D eigenvalue weighted by molar-refractivity contribution is 5.89. The number of hydrogen-bond acceptors (Lipinski definition) is 5. The van der Waals surface area contributed by atoms with Crippen LogP contribution in [-0.2, 0) is 17.6 Å². The van der Waals surface area contributed by atoms with Crippen molar-refractivity contribution < 1.29 is 19.1 Å². The molecule has 118 valence electrons. The van der Waals surface area contributed by atoms with Crippen LogP contribution in [-0.4, -0.2) is 30.5 Å². The van der Waals surface area contributed by atoms with Gasteiger partial charge in [-0.05, 0) is 42.2 Å². The number of hydrogen-bond donors (Lipinski definition) is 0. The Morgan fingerprint density at radius 3 is 2.91 bits per heavy atom. The molecule has 1 aliphatic carbocycles. The summed E-state index contributed by atoms with van der Waals surface area (Å²) < 4.78 is 10.7. The molecule has 0 saturated heterocycles. The third-order valence-electron chi connectivity index (χ3n) is 3.99. The Morgan fingerprint density at radius 1 is 1.26 bits per heavy atom. The van der Waals surface area contributed by atoms with E-state index in [9.17, 15) is 9.59 Å². The molecule has 1 atom stereocenters. The maximum absolute atomic E-state index is 11.6. The van der Waals surface area contributed by atoms with Crippen LogP contribution in [0.2, 0.25) is 0 Å². The van der Waals surface area contributed by atoms with Crippen molar-refractivity contribution in [1.82, 2.24) is 4.98 Å². The number of aryl methyl sites for hydroxylation is 1. The van der Waals surface area contributed by atoms with Crippen molar-refractivity contribution in [2.24, 2.45) is 0 Å². The Hall–Kier alpha value is -2.69. The molecule has 3 rings (SSSR count). The summed E-state index contributed by atoms with van der Waals surface area (Å²) in [4.78, 5) is 26.3. The van der Waals surface area contributed by atoms with E-state index in [1.807, 2.05) is 12.1 Å². The van der Waals surface area contributed by atoms with E-state index in [1.165, 1.54) is 12.7 Å². The second-order valence-electron chi connectivity index (χ2n) is 5.49. The Balaban J connectivity index is 1.72. The third-order valence-corrected chi connectivity index (χ3v) is 3.99. The first-order valence-electron chi connectivity index (χ1n) is 7.47. The minimum Gasteiger partial charge on any atom is -0.490 e. The van der Waals surface area contributed by atoms with Crippen molar-refractivity contribution in [3.05, 3.63) is 58.9 Å². The van der Waals surface area contributed by atoms with Crippen LogP contribution in [0.15, 0.2) is 36.5 Å². The molecule has 23 heavy (non-hydrogen) atoms. The molecule has 0 spiro atoms. The van der Waals surface area contributed by atoms with Gasteiger partial charge in [0.05, 0.1) is 12.7 Å². The summed E-state index contributed by atoms with van der Waals surface area (Å²) in [5.41, 5.74) is 3.28. The summed E-state index contributed by atoms with van der Waals surface area (Å²) >= 11 is 0. The molecule has 1 heterocycles. The molecule has 1 unspecified atom stereocenters. The van der Waals surface area contributed by atoms with Crippen molar-refractivity contribution in [2.75, 3.05) is 7.11 Å². The summed E-state index contributed by atoms with van der Waals surface area (Å²) in [5.74, 6) is 0.339. The third kappa shape index (κ3) is 3.39. The molecule has 0 saturated carbocycles. The van der Waals surface area contributed by atoms with Gasteiger partial charge in [-0.1, -0.05) is 6.07 Å². The molecule has 0 N–H and O–H groups in total. The number of esters is 1. The standard InChI is InChI=1S/C18H17NO4/c1-22-18(21)14-3-2-13-9-16(5-4-12(13)8-14)23-17-6-7-19-15(10-17)11-20/h2-3,6-8,10-11,16H,4-5,9H2,1H3. The number of methoxy groups -OCH3 is 1. The number of carbonyl (C=O) groups is 2. The van der Waals surface area contributed by atoms with Gasteiger partial charge in [0.2, 0.25) is 0 Å². The molecule has 1 aromatic carbocycles. The second kappa shape index (κ2) is 6.60. The molecule has 0 bridgehead atoms. The normalized spacial score (nSPS) is 16.3. The zero-order valence-electron chi connectivity index (χ0n) is 12.8. The quantitative estimate of drug-likeness (QED) is 0.641. The summed E-state index contributed by atoms with van der Waals surface area (Å²) in [7, 11) is 1.38. The highest BCUT2D eigenvalue weighted by atomic mass is 16.5. The molecular weight excluding hydrogens is 294 g/mol. The number of nitrogens with zero attached hydrogens (tertiary/aromatic N) is 1. The van der Waals surface area contributed by atoms with Crippen LogP contribution >= 0.6 is 0 Å². The Bertz CT molecular complexity index is 742. The molecule has 0 aliphatic heterocycles. The van der Waals surface area contributed by atoms with Crippen LogP contribution in [0.1, 0.15) is 38.4 Å². The average Bonchev–Trinajstić information content (AvgIpc) is 2.60. The molecule has 1 aliphatic rings. The fraction of sp³-hybridized carbons (Fsp3) is 0.278. The minimum absolute atomic E-state index is 0.0494. The maximum Gasteiger partial charge on any atom is 0.337 e. The van der Waals surface area contributed by atoms with Gasteiger partial charge in [-0.2, -0.15) is 0 Å². The molecular formula is C18H17NO4. The molecule has 2 aromatic rings. The first-order chi connectivity index (χ1) is 11.2. The van der Waals surface area contributed by atoms with Crippen LogP contribution < -0.4 is 4.74 Å². The SMILES string of the molecule is COC(=O)c1ccc2c(c1)CCC(Oc1ccnc(C=O)c1)C2. The zero-order valence-corrected chi connectivity index (χ0v) is 12.8. The molecule has 0 fully saturated rings. The van der Waals surface area contributed by atoms with E-state index in [0.717, 1.165) is 24.8 Å². The highest BCUT2D eigenvalue weighted by Crippen LogP contribution is 2.26. The van der Waals surface area contributed by atoms with Crippen molar-refractivity contribution in [3.8, 4) is 5.75 Å². The number of carbonyl (C=O) groups excluding carboxylic acids is 2. The van der Waals surface area contributed by atoms with Crippen LogP contribution in [0.5, 0.6) is 5.75 Å². The van der Waals surface area contributed by atoms with Gasteiger partial charge in [-0.3, -0.25) is 9.78 Å². The monoisotopic (exact) mass is 311 g/mol. The lowest BCUT2D eigenvalue weighted by molar-refractivity contribution is 0.0600. The lowest BCUT2D eigenvalue weighted by atomic mass is 9.88. The number of benzene rings is 1. The van der Waals surface area contributed by atoms with Gasteiger partial charge in [0.25, 0.3) is 0 Å². The lowest BCUT2D eigenvalue weighted by Gasteiger charge is -2.26. The fourth-order valence-corrected chi connectivity index (χ4v) is 2.83. The second-order valence-corrected chi connectivity index (χ2v) is 5.49. The summed E-state index contributed by atoms with van der Waals surface area (Å²) in [6.07, 6.45) is 4.80. The number of ether oxygens (including phenoxy) is 2. The first-order valence-corrected chi connectivity index (χ1v) is 7.47. The highest BCUT2D eigenvalue weighted by Gasteiger charge is 2.21. The van der Waals surface area contributed by atoms with Crippen LogP contribution in [0.25, 0.3) is 0 Å². The van der Waals surface area contributed by atoms with Gasteiger partial charge >= 0.3 is 5.97 Å². The number of rotatable bonds is 4. The molecule has 1 aromatic heterocycles. The van der Waals surface area contributed by atoms with Gasteiger partial charge in [0.1, 0.15) is 17.5 Å². The van der Waals surface area contributed by atoms with Crippen LogP contribution in [0.4, 0.5) is 0 Å². The fourth-order valence-electron chi connectivity index (χ4n) is 2.83. The van der Waals surface area contributed by atoms with Crippen LogP contribution in [0, 0.1) is 0 Å². The lowest BCUT2D eigenvalue weighted by Crippen LogP contribution is -2.25. The van der Waals surface area contributed by atoms with Gasteiger partial charge in [-0.15, -0.1) is 0 Å². The Morgan fingerprint density at radius 2 is 2.13 bits per heavy atom. The van der Waals surface area contributed by atoms with Crippen molar-refractivity contribution in [1.29, 1.82) is 0 Å².